The number of halogens is 3. The van der Waals surface area contributed by atoms with Crippen LogP contribution in [0, 0.1) is 17.5 Å². The Morgan fingerprint density at radius 2 is 1.88 bits per heavy atom. The molecule has 26 heavy (non-hydrogen) atoms. The fourth-order valence-corrected chi connectivity index (χ4v) is 2.00. The van der Waals surface area contributed by atoms with Crippen LogP contribution in [0.3, 0.4) is 0 Å². The summed E-state index contributed by atoms with van der Waals surface area (Å²) in [5.74, 6) is -4.81. The van der Waals surface area contributed by atoms with Gasteiger partial charge in [-0.3, -0.25) is 9.59 Å². The van der Waals surface area contributed by atoms with E-state index in [2.05, 4.69) is 5.32 Å². The van der Waals surface area contributed by atoms with Crippen molar-refractivity contribution in [1.82, 2.24) is 0 Å². The zero-order valence-corrected chi connectivity index (χ0v) is 13.9. The highest BCUT2D eigenvalue weighted by Gasteiger charge is 2.16. The molecule has 0 aliphatic carbocycles. The van der Waals surface area contributed by atoms with Crippen LogP contribution in [-0.4, -0.2) is 25.4 Å². The van der Waals surface area contributed by atoms with E-state index in [1.54, 1.807) is 6.07 Å². The Balaban J connectivity index is 2.04. The van der Waals surface area contributed by atoms with Crippen molar-refractivity contribution in [2.75, 3.05) is 18.5 Å². The summed E-state index contributed by atoms with van der Waals surface area (Å²) in [6, 6.07) is 6.09. The molecule has 2 aromatic carbocycles. The fourth-order valence-electron chi connectivity index (χ4n) is 2.00. The molecule has 1 N–H and O–H groups in total. The SMILES string of the molecule is CCCOc1ccc(C=O)c(OCC(=O)Nc2ccc(F)c(F)c2F)c1. The molecule has 0 saturated heterocycles. The molecule has 0 aliphatic heterocycles. The second-order valence-electron chi connectivity index (χ2n) is 5.23. The smallest absolute Gasteiger partial charge is 0.262 e. The third-order valence-electron chi connectivity index (χ3n) is 3.25. The summed E-state index contributed by atoms with van der Waals surface area (Å²) >= 11 is 0. The van der Waals surface area contributed by atoms with E-state index >= 15 is 0 Å². The van der Waals surface area contributed by atoms with Crippen LogP contribution in [0.15, 0.2) is 30.3 Å². The minimum Gasteiger partial charge on any atom is -0.493 e. The van der Waals surface area contributed by atoms with E-state index in [0.29, 0.717) is 24.7 Å². The molecule has 2 rings (SSSR count). The van der Waals surface area contributed by atoms with Crippen LogP contribution in [0.5, 0.6) is 11.5 Å². The normalized spacial score (nSPS) is 10.3. The number of carbonyl (C=O) groups is 2. The standard InChI is InChI=1S/C18H16F3NO4/c1-2-7-25-12-4-3-11(9-23)15(8-12)26-10-16(24)22-14-6-5-13(19)17(20)18(14)21/h3-6,8-9H,2,7,10H2,1H3,(H,22,24). The van der Waals surface area contributed by atoms with Crippen LogP contribution >= 0.6 is 0 Å². The monoisotopic (exact) mass is 367 g/mol. The number of nitrogens with one attached hydrogen (secondary N) is 1. The number of carbonyl (C=O) groups excluding carboxylic acids is 2. The van der Waals surface area contributed by atoms with Crippen LogP contribution in [0.4, 0.5) is 18.9 Å². The predicted molar refractivity (Wildman–Crippen MR) is 88.1 cm³/mol. The lowest BCUT2D eigenvalue weighted by molar-refractivity contribution is -0.118. The second kappa shape index (κ2) is 8.89. The molecule has 0 unspecified atom stereocenters. The molecule has 2 aromatic rings. The van der Waals surface area contributed by atoms with Crippen molar-refractivity contribution < 1.29 is 32.2 Å². The van der Waals surface area contributed by atoms with Crippen LogP contribution in [0.2, 0.25) is 0 Å². The number of anilines is 1. The maximum absolute atomic E-state index is 13.5. The van der Waals surface area contributed by atoms with E-state index in [1.165, 1.54) is 12.1 Å². The van der Waals surface area contributed by atoms with Gasteiger partial charge in [-0.1, -0.05) is 6.92 Å². The Morgan fingerprint density at radius 3 is 2.58 bits per heavy atom. The molecular formula is C18H16F3NO4. The van der Waals surface area contributed by atoms with Gasteiger partial charge in [0.1, 0.15) is 11.5 Å². The fraction of sp³-hybridized carbons (Fsp3) is 0.222. The summed E-state index contributed by atoms with van der Waals surface area (Å²) in [4.78, 5) is 22.9. The van der Waals surface area contributed by atoms with Gasteiger partial charge in [-0.25, -0.2) is 13.2 Å². The van der Waals surface area contributed by atoms with Crippen molar-refractivity contribution in [3.8, 4) is 11.5 Å². The number of benzene rings is 2. The number of amides is 1. The van der Waals surface area contributed by atoms with Crippen molar-refractivity contribution in [3.05, 3.63) is 53.3 Å². The Hall–Kier alpha value is -3.03. The first-order valence-corrected chi connectivity index (χ1v) is 7.74. The molecule has 8 heteroatoms. The quantitative estimate of drug-likeness (QED) is 0.571. The lowest BCUT2D eigenvalue weighted by Gasteiger charge is -2.12. The van der Waals surface area contributed by atoms with E-state index < -0.39 is 35.7 Å². The van der Waals surface area contributed by atoms with E-state index in [0.717, 1.165) is 12.5 Å². The van der Waals surface area contributed by atoms with Gasteiger partial charge in [0.15, 0.2) is 30.3 Å². The average Bonchev–Trinajstić information content (AvgIpc) is 2.65. The molecule has 0 atom stereocenters. The zero-order valence-electron chi connectivity index (χ0n) is 13.9. The lowest BCUT2D eigenvalue weighted by atomic mass is 10.2. The molecule has 0 bridgehead atoms. The van der Waals surface area contributed by atoms with E-state index in [-0.39, 0.29) is 11.3 Å². The van der Waals surface area contributed by atoms with Crippen LogP contribution in [0.1, 0.15) is 23.7 Å². The van der Waals surface area contributed by atoms with Gasteiger partial charge in [0.05, 0.1) is 17.9 Å². The number of hydrogen-bond acceptors (Lipinski definition) is 4. The molecule has 138 valence electrons. The number of hydrogen-bond donors (Lipinski definition) is 1. The highest BCUT2D eigenvalue weighted by Crippen LogP contribution is 2.24. The van der Waals surface area contributed by atoms with E-state index in [4.69, 9.17) is 9.47 Å². The average molecular weight is 367 g/mol. The van der Waals surface area contributed by atoms with Crippen molar-refractivity contribution in [2.45, 2.75) is 13.3 Å². The van der Waals surface area contributed by atoms with Gasteiger partial charge in [0, 0.05) is 6.07 Å². The summed E-state index contributed by atoms with van der Waals surface area (Å²) < 4.78 is 50.3. The summed E-state index contributed by atoms with van der Waals surface area (Å²) in [6.45, 7) is 1.82. The zero-order chi connectivity index (χ0) is 19.1. The Kier molecular flexibility index (Phi) is 6.60. The molecule has 5 nitrogen and oxygen atoms in total. The molecule has 0 aliphatic rings. The van der Waals surface area contributed by atoms with Crippen LogP contribution < -0.4 is 14.8 Å². The Labute approximate surface area is 147 Å². The number of aldehydes is 1. The van der Waals surface area contributed by atoms with Gasteiger partial charge >= 0.3 is 0 Å². The molecule has 0 heterocycles. The first kappa shape index (κ1) is 19.3. The van der Waals surface area contributed by atoms with Crippen LogP contribution in [0.25, 0.3) is 0 Å². The summed E-state index contributed by atoms with van der Waals surface area (Å²) in [7, 11) is 0. The molecule has 1 amide bonds. The number of ether oxygens (including phenoxy) is 2. The minimum absolute atomic E-state index is 0.106. The minimum atomic E-state index is -1.69. The summed E-state index contributed by atoms with van der Waals surface area (Å²) in [5, 5.41) is 2.07. The lowest BCUT2D eigenvalue weighted by Crippen LogP contribution is -2.21. The first-order chi connectivity index (χ1) is 12.5. The summed E-state index contributed by atoms with van der Waals surface area (Å²) in [6.07, 6.45) is 1.33. The maximum atomic E-state index is 13.5. The molecule has 0 saturated carbocycles. The topological polar surface area (TPSA) is 64.6 Å². The highest BCUT2D eigenvalue weighted by atomic mass is 19.2. The van der Waals surface area contributed by atoms with Gasteiger partial charge in [-0.15, -0.1) is 0 Å². The molecule has 0 radical (unpaired) electrons. The highest BCUT2D eigenvalue weighted by molar-refractivity contribution is 5.92. The third-order valence-corrected chi connectivity index (χ3v) is 3.25. The number of rotatable bonds is 8. The molecule has 0 fully saturated rings. The molecule has 0 spiro atoms. The van der Waals surface area contributed by atoms with Crippen molar-refractivity contribution in [1.29, 1.82) is 0 Å². The van der Waals surface area contributed by atoms with Gasteiger partial charge in [-0.05, 0) is 30.7 Å². The van der Waals surface area contributed by atoms with Crippen molar-refractivity contribution >= 4 is 17.9 Å². The maximum Gasteiger partial charge on any atom is 0.262 e. The van der Waals surface area contributed by atoms with Crippen molar-refractivity contribution in [2.24, 2.45) is 0 Å². The predicted octanol–water partition coefficient (Wildman–Crippen LogP) is 3.72. The second-order valence-corrected chi connectivity index (χ2v) is 5.23. The molecule has 0 aromatic heterocycles. The van der Waals surface area contributed by atoms with Crippen molar-refractivity contribution in [3.63, 3.8) is 0 Å². The largest absolute Gasteiger partial charge is 0.493 e. The molecular weight excluding hydrogens is 351 g/mol. The van der Waals surface area contributed by atoms with Gasteiger partial charge < -0.3 is 14.8 Å². The van der Waals surface area contributed by atoms with Crippen LogP contribution in [-0.2, 0) is 4.79 Å². The third kappa shape index (κ3) is 4.75. The first-order valence-electron chi connectivity index (χ1n) is 7.74. The van der Waals surface area contributed by atoms with E-state index in [9.17, 15) is 22.8 Å². The summed E-state index contributed by atoms with van der Waals surface area (Å²) in [5.41, 5.74) is -0.325. The van der Waals surface area contributed by atoms with Gasteiger partial charge in [-0.2, -0.15) is 0 Å². The van der Waals surface area contributed by atoms with Gasteiger partial charge in [0.25, 0.3) is 5.91 Å². The Bertz CT molecular complexity index is 811. The van der Waals surface area contributed by atoms with E-state index in [1.807, 2.05) is 6.92 Å². The Morgan fingerprint density at radius 1 is 1.12 bits per heavy atom. The van der Waals surface area contributed by atoms with Gasteiger partial charge in [0.2, 0.25) is 0 Å².